The monoisotopic (exact) mass is 286 g/mol. The van der Waals surface area contributed by atoms with Crippen molar-refractivity contribution in [2.75, 3.05) is 7.05 Å². The number of para-hydroxylation sites is 1. The van der Waals surface area contributed by atoms with E-state index in [1.807, 2.05) is 38.2 Å². The second-order valence-electron chi connectivity index (χ2n) is 4.86. The van der Waals surface area contributed by atoms with Crippen LogP contribution in [0.5, 0.6) is 11.5 Å². The highest BCUT2D eigenvalue weighted by Gasteiger charge is 2.13. The minimum absolute atomic E-state index is 0.0965. The number of nitro benzene ring substituents is 1. The van der Waals surface area contributed by atoms with E-state index < -0.39 is 4.92 Å². The molecule has 0 saturated carbocycles. The molecule has 0 aliphatic carbocycles. The molecule has 1 atom stereocenters. The van der Waals surface area contributed by atoms with Crippen molar-refractivity contribution < 1.29 is 9.66 Å². The Bertz CT molecular complexity index is 656. The van der Waals surface area contributed by atoms with Gasteiger partial charge in [-0.1, -0.05) is 18.2 Å². The molecule has 0 radical (unpaired) electrons. The molecule has 0 spiro atoms. The van der Waals surface area contributed by atoms with Crippen LogP contribution in [0.1, 0.15) is 24.1 Å². The number of nitro groups is 1. The predicted octanol–water partition coefficient (Wildman–Crippen LogP) is 3.98. The lowest BCUT2D eigenvalue weighted by Gasteiger charge is -2.16. The largest absolute Gasteiger partial charge is 0.457 e. The molecule has 21 heavy (non-hydrogen) atoms. The van der Waals surface area contributed by atoms with Crippen LogP contribution < -0.4 is 10.1 Å². The number of ether oxygens (including phenoxy) is 1. The normalized spacial score (nSPS) is 12.0. The van der Waals surface area contributed by atoms with Gasteiger partial charge in [0.25, 0.3) is 5.69 Å². The SMILES string of the molecule is CNC(C)c1ccccc1Oc1ccc([N+](=O)[O-])c(C)c1. The molecule has 0 saturated heterocycles. The van der Waals surface area contributed by atoms with Crippen molar-refractivity contribution in [2.24, 2.45) is 0 Å². The summed E-state index contributed by atoms with van der Waals surface area (Å²) in [6, 6.07) is 12.7. The summed E-state index contributed by atoms with van der Waals surface area (Å²) in [5.74, 6) is 1.33. The maximum absolute atomic E-state index is 10.8. The van der Waals surface area contributed by atoms with Crippen LogP contribution in [0.15, 0.2) is 42.5 Å². The smallest absolute Gasteiger partial charge is 0.272 e. The lowest BCUT2D eigenvalue weighted by Crippen LogP contribution is -2.13. The molecule has 1 N–H and O–H groups in total. The molecular formula is C16H18N2O3. The molecule has 0 aliphatic heterocycles. The Morgan fingerprint density at radius 2 is 1.95 bits per heavy atom. The average molecular weight is 286 g/mol. The number of hydrogen-bond donors (Lipinski definition) is 1. The zero-order valence-electron chi connectivity index (χ0n) is 12.3. The number of aryl methyl sites for hydroxylation is 1. The maximum Gasteiger partial charge on any atom is 0.272 e. The molecule has 5 heteroatoms. The van der Waals surface area contributed by atoms with Gasteiger partial charge in [0.05, 0.1) is 4.92 Å². The summed E-state index contributed by atoms with van der Waals surface area (Å²) in [6.07, 6.45) is 0. The minimum atomic E-state index is -0.393. The van der Waals surface area contributed by atoms with Crippen LogP contribution in [-0.4, -0.2) is 12.0 Å². The van der Waals surface area contributed by atoms with Crippen LogP contribution in [0, 0.1) is 17.0 Å². The second-order valence-corrected chi connectivity index (χ2v) is 4.86. The molecule has 0 aromatic heterocycles. The van der Waals surface area contributed by atoms with Crippen LogP contribution in [-0.2, 0) is 0 Å². The molecule has 0 fully saturated rings. The first-order valence-corrected chi connectivity index (χ1v) is 6.72. The first-order valence-electron chi connectivity index (χ1n) is 6.72. The molecule has 1 unspecified atom stereocenters. The second kappa shape index (κ2) is 6.37. The third-order valence-electron chi connectivity index (χ3n) is 3.41. The van der Waals surface area contributed by atoms with E-state index in [2.05, 4.69) is 5.32 Å². The molecule has 0 aliphatic rings. The van der Waals surface area contributed by atoms with E-state index in [0.717, 1.165) is 11.3 Å². The van der Waals surface area contributed by atoms with E-state index in [4.69, 9.17) is 4.74 Å². The van der Waals surface area contributed by atoms with Crippen LogP contribution in [0.3, 0.4) is 0 Å². The Kier molecular flexibility index (Phi) is 4.55. The van der Waals surface area contributed by atoms with Gasteiger partial charge in [0.15, 0.2) is 0 Å². The lowest BCUT2D eigenvalue weighted by molar-refractivity contribution is -0.385. The first-order chi connectivity index (χ1) is 10.0. The van der Waals surface area contributed by atoms with Gasteiger partial charge in [-0.2, -0.15) is 0 Å². The van der Waals surface area contributed by atoms with Gasteiger partial charge in [0.1, 0.15) is 11.5 Å². The lowest BCUT2D eigenvalue weighted by atomic mass is 10.1. The summed E-state index contributed by atoms with van der Waals surface area (Å²) in [7, 11) is 1.89. The van der Waals surface area contributed by atoms with E-state index in [1.54, 1.807) is 19.1 Å². The molecular weight excluding hydrogens is 268 g/mol. The molecule has 5 nitrogen and oxygen atoms in total. The highest BCUT2D eigenvalue weighted by Crippen LogP contribution is 2.31. The fourth-order valence-electron chi connectivity index (χ4n) is 2.11. The number of hydrogen-bond acceptors (Lipinski definition) is 4. The molecule has 2 rings (SSSR count). The van der Waals surface area contributed by atoms with Crippen molar-refractivity contribution in [2.45, 2.75) is 19.9 Å². The van der Waals surface area contributed by atoms with Gasteiger partial charge in [0, 0.05) is 23.2 Å². The molecule has 0 bridgehead atoms. The Labute approximate surface area is 123 Å². The third kappa shape index (κ3) is 3.38. The van der Waals surface area contributed by atoms with Gasteiger partial charge >= 0.3 is 0 Å². The summed E-state index contributed by atoms with van der Waals surface area (Å²) in [5, 5.41) is 14.0. The van der Waals surface area contributed by atoms with Crippen LogP contribution in [0.25, 0.3) is 0 Å². The molecule has 2 aromatic rings. The summed E-state index contributed by atoms with van der Waals surface area (Å²) in [6.45, 7) is 3.75. The van der Waals surface area contributed by atoms with E-state index in [9.17, 15) is 10.1 Å². The van der Waals surface area contributed by atoms with Crippen LogP contribution in [0.4, 0.5) is 5.69 Å². The number of nitrogens with one attached hydrogen (secondary N) is 1. The van der Waals surface area contributed by atoms with Gasteiger partial charge in [0.2, 0.25) is 0 Å². The van der Waals surface area contributed by atoms with Gasteiger partial charge in [-0.15, -0.1) is 0 Å². The maximum atomic E-state index is 10.8. The van der Waals surface area contributed by atoms with E-state index in [-0.39, 0.29) is 11.7 Å². The summed E-state index contributed by atoms with van der Waals surface area (Å²) in [5.41, 5.74) is 1.71. The number of nitrogens with zero attached hydrogens (tertiary/aromatic N) is 1. The standard InChI is InChI=1S/C16H18N2O3/c1-11-10-13(8-9-15(11)18(19)20)21-16-7-5-4-6-14(16)12(2)17-3/h4-10,12,17H,1-3H3. The molecule has 2 aromatic carbocycles. The van der Waals surface area contributed by atoms with Crippen molar-refractivity contribution in [3.05, 3.63) is 63.7 Å². The highest BCUT2D eigenvalue weighted by atomic mass is 16.6. The Balaban J connectivity index is 2.31. The summed E-state index contributed by atoms with van der Waals surface area (Å²) < 4.78 is 5.89. The third-order valence-corrected chi connectivity index (χ3v) is 3.41. The summed E-state index contributed by atoms with van der Waals surface area (Å²) >= 11 is 0. The Morgan fingerprint density at radius 1 is 1.24 bits per heavy atom. The van der Waals surface area contributed by atoms with Gasteiger partial charge in [-0.3, -0.25) is 10.1 Å². The fraction of sp³-hybridized carbons (Fsp3) is 0.250. The molecule has 0 amide bonds. The quantitative estimate of drug-likeness (QED) is 0.667. The average Bonchev–Trinajstić information content (AvgIpc) is 2.46. The summed E-state index contributed by atoms with van der Waals surface area (Å²) in [4.78, 5) is 10.4. The topological polar surface area (TPSA) is 64.4 Å². The zero-order chi connectivity index (χ0) is 15.4. The Hall–Kier alpha value is -2.40. The predicted molar refractivity (Wildman–Crippen MR) is 81.8 cm³/mol. The fourth-order valence-corrected chi connectivity index (χ4v) is 2.11. The highest BCUT2D eigenvalue weighted by molar-refractivity contribution is 5.46. The molecule has 0 heterocycles. The van der Waals surface area contributed by atoms with Crippen molar-refractivity contribution in [1.82, 2.24) is 5.32 Å². The van der Waals surface area contributed by atoms with Gasteiger partial charge in [-0.05, 0) is 39.1 Å². The van der Waals surface area contributed by atoms with Crippen molar-refractivity contribution in [3.8, 4) is 11.5 Å². The first kappa shape index (κ1) is 15.0. The van der Waals surface area contributed by atoms with E-state index in [0.29, 0.717) is 11.3 Å². The minimum Gasteiger partial charge on any atom is -0.457 e. The van der Waals surface area contributed by atoms with Crippen LogP contribution >= 0.6 is 0 Å². The zero-order valence-corrected chi connectivity index (χ0v) is 12.3. The van der Waals surface area contributed by atoms with Gasteiger partial charge < -0.3 is 10.1 Å². The van der Waals surface area contributed by atoms with Crippen molar-refractivity contribution in [1.29, 1.82) is 0 Å². The van der Waals surface area contributed by atoms with Gasteiger partial charge in [-0.25, -0.2) is 0 Å². The number of rotatable bonds is 5. The van der Waals surface area contributed by atoms with Crippen molar-refractivity contribution >= 4 is 5.69 Å². The van der Waals surface area contributed by atoms with E-state index >= 15 is 0 Å². The molecule has 110 valence electrons. The van der Waals surface area contributed by atoms with Crippen LogP contribution in [0.2, 0.25) is 0 Å². The van der Waals surface area contributed by atoms with Crippen molar-refractivity contribution in [3.63, 3.8) is 0 Å². The number of benzene rings is 2. The van der Waals surface area contributed by atoms with E-state index in [1.165, 1.54) is 6.07 Å². The Morgan fingerprint density at radius 3 is 2.57 bits per heavy atom.